The average molecular weight is 603 g/mol. The van der Waals surface area contributed by atoms with Gasteiger partial charge in [-0.25, -0.2) is 4.68 Å². The molecule has 6 rings (SSSR count). The zero-order valence-corrected chi connectivity index (χ0v) is 24.7. The van der Waals surface area contributed by atoms with Gasteiger partial charge in [0.2, 0.25) is 4.96 Å². The molecule has 6 aromatic rings. The summed E-state index contributed by atoms with van der Waals surface area (Å²) in [5, 5.41) is 10.3. The van der Waals surface area contributed by atoms with Gasteiger partial charge in [0.05, 0.1) is 21.8 Å². The molecule has 3 aromatic carbocycles. The third-order valence-electron chi connectivity index (χ3n) is 6.61. The Morgan fingerprint density at radius 2 is 1.85 bits per heavy atom. The predicted molar refractivity (Wildman–Crippen MR) is 166 cm³/mol. The lowest BCUT2D eigenvalue weighted by molar-refractivity contribution is 0.307. The number of halogens is 2. The molecule has 0 aliphatic carbocycles. The summed E-state index contributed by atoms with van der Waals surface area (Å²) in [5.74, 6) is 1.23. The summed E-state index contributed by atoms with van der Waals surface area (Å²) in [6, 6.07) is 21.0. The number of aromatic nitrogens is 5. The van der Waals surface area contributed by atoms with E-state index in [0.717, 1.165) is 46.7 Å². The van der Waals surface area contributed by atoms with Crippen molar-refractivity contribution < 1.29 is 4.74 Å². The summed E-state index contributed by atoms with van der Waals surface area (Å²) in [4.78, 5) is 18.5. The minimum atomic E-state index is -0.261. The van der Waals surface area contributed by atoms with Gasteiger partial charge in [0.1, 0.15) is 11.4 Å². The molecule has 0 N–H and O–H groups in total. The van der Waals surface area contributed by atoms with E-state index in [0.29, 0.717) is 37.5 Å². The first-order valence-corrected chi connectivity index (χ1v) is 14.7. The van der Waals surface area contributed by atoms with Gasteiger partial charge in [0.25, 0.3) is 5.56 Å². The summed E-state index contributed by atoms with van der Waals surface area (Å²) >= 11 is 13.6. The quantitative estimate of drug-likeness (QED) is 0.175. The molecule has 10 heteroatoms. The molecule has 0 saturated heterocycles. The zero-order chi connectivity index (χ0) is 28.5. The lowest BCUT2D eigenvalue weighted by atomic mass is 10.0. The minimum absolute atomic E-state index is 0.261. The third kappa shape index (κ3) is 5.51. The van der Waals surface area contributed by atoms with E-state index in [2.05, 4.69) is 23.1 Å². The van der Waals surface area contributed by atoms with Crippen molar-refractivity contribution in [3.63, 3.8) is 0 Å². The highest BCUT2D eigenvalue weighted by Crippen LogP contribution is 2.30. The number of ether oxygens (including phenoxy) is 1. The van der Waals surface area contributed by atoms with Gasteiger partial charge >= 0.3 is 0 Å². The van der Waals surface area contributed by atoms with Gasteiger partial charge < -0.3 is 4.74 Å². The molecule has 0 aliphatic rings. The fourth-order valence-corrected chi connectivity index (χ4v) is 5.87. The molecule has 0 spiro atoms. The second-order valence-corrected chi connectivity index (χ2v) is 11.4. The number of aryl methyl sites for hydroxylation is 1. The van der Waals surface area contributed by atoms with Crippen LogP contribution >= 0.6 is 34.5 Å². The number of para-hydroxylation sites is 1. The van der Waals surface area contributed by atoms with Crippen LogP contribution in [-0.4, -0.2) is 31.0 Å². The Hall–Kier alpha value is -3.98. The molecule has 41 heavy (non-hydrogen) atoms. The Morgan fingerprint density at radius 3 is 2.59 bits per heavy atom. The molecular formula is C31H25Cl2N5O2S. The highest BCUT2D eigenvalue weighted by molar-refractivity contribution is 7.15. The number of unbranched alkanes of at least 4 members (excludes halogenated alkanes) is 1. The molecule has 0 aliphatic heterocycles. The Kier molecular flexibility index (Phi) is 7.62. The second kappa shape index (κ2) is 11.5. The first-order valence-electron chi connectivity index (χ1n) is 13.2. The van der Waals surface area contributed by atoms with Gasteiger partial charge in [-0.1, -0.05) is 66.1 Å². The number of fused-ring (bicyclic) bond motifs is 1. The monoisotopic (exact) mass is 601 g/mol. The van der Waals surface area contributed by atoms with Crippen LogP contribution < -0.4 is 14.8 Å². The summed E-state index contributed by atoms with van der Waals surface area (Å²) in [5.41, 5.74) is 4.77. The maximum Gasteiger partial charge on any atom is 0.291 e. The van der Waals surface area contributed by atoms with Crippen molar-refractivity contribution in [3.8, 4) is 34.1 Å². The Morgan fingerprint density at radius 1 is 1.02 bits per heavy atom. The third-order valence-corrected chi connectivity index (χ3v) is 8.11. The van der Waals surface area contributed by atoms with Crippen LogP contribution in [0.3, 0.4) is 0 Å². The number of thiazole rings is 1. The van der Waals surface area contributed by atoms with Crippen LogP contribution in [0.25, 0.3) is 39.4 Å². The van der Waals surface area contributed by atoms with Crippen molar-refractivity contribution in [2.45, 2.75) is 26.7 Å². The van der Waals surface area contributed by atoms with E-state index in [-0.39, 0.29) is 5.56 Å². The Labute approximate surface area is 250 Å². The fourth-order valence-electron chi connectivity index (χ4n) is 4.48. The van der Waals surface area contributed by atoms with E-state index in [4.69, 9.17) is 33.0 Å². The number of benzene rings is 3. The van der Waals surface area contributed by atoms with E-state index in [1.807, 2.05) is 66.3 Å². The maximum atomic E-state index is 13.4. The van der Waals surface area contributed by atoms with Crippen molar-refractivity contribution in [3.05, 3.63) is 109 Å². The van der Waals surface area contributed by atoms with Crippen molar-refractivity contribution in [2.24, 2.45) is 0 Å². The van der Waals surface area contributed by atoms with E-state index in [1.165, 1.54) is 15.9 Å². The first-order chi connectivity index (χ1) is 19.9. The highest BCUT2D eigenvalue weighted by Gasteiger charge is 2.17. The molecule has 0 radical (unpaired) electrons. The van der Waals surface area contributed by atoms with E-state index in [9.17, 15) is 4.79 Å². The summed E-state index contributed by atoms with van der Waals surface area (Å²) in [6.45, 7) is 4.86. The van der Waals surface area contributed by atoms with E-state index >= 15 is 0 Å². The van der Waals surface area contributed by atoms with Crippen molar-refractivity contribution in [1.29, 1.82) is 0 Å². The lowest BCUT2D eigenvalue weighted by Crippen LogP contribution is -2.23. The van der Waals surface area contributed by atoms with Gasteiger partial charge in [-0.2, -0.15) is 14.6 Å². The Bertz CT molecular complexity index is 1980. The second-order valence-electron chi connectivity index (χ2n) is 9.57. The van der Waals surface area contributed by atoms with Gasteiger partial charge in [-0.05, 0) is 73.5 Å². The topological polar surface area (TPSA) is 74.3 Å². The number of rotatable bonds is 8. The molecule has 206 valence electrons. The molecule has 3 heterocycles. The molecule has 7 nitrogen and oxygen atoms in total. The predicted octanol–water partition coefficient (Wildman–Crippen LogP) is 7.01. The molecular weight excluding hydrogens is 577 g/mol. The minimum Gasteiger partial charge on any atom is -0.493 e. The summed E-state index contributed by atoms with van der Waals surface area (Å²) in [6.07, 6.45) is 5.86. The zero-order valence-electron chi connectivity index (χ0n) is 22.3. The highest BCUT2D eigenvalue weighted by atomic mass is 35.5. The molecule has 3 aromatic heterocycles. The van der Waals surface area contributed by atoms with Crippen LogP contribution in [0.4, 0.5) is 0 Å². The average Bonchev–Trinajstić information content (AvgIpc) is 3.65. The fraction of sp³-hybridized carbons (Fsp3) is 0.161. The number of hydrogen-bond donors (Lipinski definition) is 0. The maximum absolute atomic E-state index is 13.4. The Balaban J connectivity index is 1.43. The summed E-state index contributed by atoms with van der Waals surface area (Å²) < 4.78 is 9.59. The molecule has 0 atom stereocenters. The SMILES string of the molecule is CCCCOc1ccc(-c2nn(-c3ccccc3)cc2/C=c2\sc3nc(-c4ccc(Cl)cc4Cl)nn3c2=O)cc1C. The van der Waals surface area contributed by atoms with Crippen molar-refractivity contribution >= 4 is 45.6 Å². The molecule has 0 bridgehead atoms. The van der Waals surface area contributed by atoms with Crippen LogP contribution in [-0.2, 0) is 0 Å². The van der Waals surface area contributed by atoms with Crippen molar-refractivity contribution in [1.82, 2.24) is 24.4 Å². The van der Waals surface area contributed by atoms with Crippen LogP contribution in [0.15, 0.2) is 77.7 Å². The van der Waals surface area contributed by atoms with Crippen LogP contribution in [0, 0.1) is 6.92 Å². The molecule has 0 saturated carbocycles. The van der Waals surface area contributed by atoms with Crippen LogP contribution in [0.5, 0.6) is 5.75 Å². The lowest BCUT2D eigenvalue weighted by Gasteiger charge is -2.10. The number of nitrogens with zero attached hydrogens (tertiary/aromatic N) is 5. The summed E-state index contributed by atoms with van der Waals surface area (Å²) in [7, 11) is 0. The van der Waals surface area contributed by atoms with E-state index < -0.39 is 0 Å². The number of hydrogen-bond acceptors (Lipinski definition) is 6. The van der Waals surface area contributed by atoms with E-state index in [1.54, 1.807) is 18.2 Å². The van der Waals surface area contributed by atoms with Crippen LogP contribution in [0.1, 0.15) is 30.9 Å². The van der Waals surface area contributed by atoms with Gasteiger partial charge in [-0.3, -0.25) is 4.79 Å². The van der Waals surface area contributed by atoms with Gasteiger partial charge in [-0.15, -0.1) is 5.10 Å². The smallest absolute Gasteiger partial charge is 0.291 e. The van der Waals surface area contributed by atoms with Gasteiger partial charge in [0, 0.05) is 27.9 Å². The molecule has 0 amide bonds. The van der Waals surface area contributed by atoms with Gasteiger partial charge in [0.15, 0.2) is 5.82 Å². The largest absolute Gasteiger partial charge is 0.493 e. The van der Waals surface area contributed by atoms with Crippen molar-refractivity contribution in [2.75, 3.05) is 6.61 Å². The normalized spacial score (nSPS) is 12.0. The molecule has 0 unspecified atom stereocenters. The molecule has 0 fully saturated rings. The standard InChI is InChI=1S/C31H25Cl2N5O2S/c1-3-4-14-40-26-13-10-20(15-19(26)2)28-21(18-37(35-28)23-8-6-5-7-9-23)16-27-30(39)38-31(41-27)34-29(36-38)24-12-11-22(32)17-25(24)33/h5-13,15-18H,3-4,14H2,1-2H3/b27-16-. The van der Waals surface area contributed by atoms with Crippen LogP contribution in [0.2, 0.25) is 10.0 Å². The first kappa shape index (κ1) is 27.2.